The summed E-state index contributed by atoms with van der Waals surface area (Å²) < 4.78 is 0. The zero-order chi connectivity index (χ0) is 30.0. The number of aliphatic carboxylic acids is 1. The van der Waals surface area contributed by atoms with Crippen molar-refractivity contribution in [3.05, 3.63) is 36.0 Å². The van der Waals surface area contributed by atoms with Gasteiger partial charge in [-0.05, 0) is 38.3 Å². The number of carboxylic acids is 1. The second-order valence-electron chi connectivity index (χ2n) is 9.47. The van der Waals surface area contributed by atoms with E-state index in [-0.39, 0.29) is 31.8 Å². The van der Waals surface area contributed by atoms with Gasteiger partial charge in [-0.3, -0.25) is 19.4 Å². The third kappa shape index (κ3) is 9.21. The lowest BCUT2D eigenvalue weighted by Crippen LogP contribution is -2.60. The summed E-state index contributed by atoms with van der Waals surface area (Å²) in [4.78, 5) is 57.5. The van der Waals surface area contributed by atoms with Crippen molar-refractivity contribution in [2.75, 3.05) is 6.54 Å². The number of aromatic nitrogens is 1. The highest BCUT2D eigenvalue weighted by molar-refractivity contribution is 5.94. The molecular formula is C25H38N8O7. The highest BCUT2D eigenvalue weighted by Gasteiger charge is 2.33. The highest BCUT2D eigenvalue weighted by atomic mass is 16.4. The van der Waals surface area contributed by atoms with E-state index in [0.717, 1.165) is 10.9 Å². The van der Waals surface area contributed by atoms with Gasteiger partial charge in [0.05, 0.1) is 12.2 Å². The van der Waals surface area contributed by atoms with E-state index in [9.17, 15) is 34.5 Å². The van der Waals surface area contributed by atoms with Crippen molar-refractivity contribution in [3.63, 3.8) is 0 Å². The Morgan fingerprint density at radius 1 is 0.950 bits per heavy atom. The number of hydrogen-bond acceptors (Lipinski definition) is 8. The number of aromatic amines is 1. The lowest BCUT2D eigenvalue weighted by Gasteiger charge is -2.26. The number of benzene rings is 1. The summed E-state index contributed by atoms with van der Waals surface area (Å²) in [6.07, 6.45) is -0.768. The van der Waals surface area contributed by atoms with Crippen molar-refractivity contribution in [3.8, 4) is 0 Å². The van der Waals surface area contributed by atoms with Crippen LogP contribution in [0.2, 0.25) is 0 Å². The molecule has 15 nitrogen and oxygen atoms in total. The van der Waals surface area contributed by atoms with E-state index in [4.69, 9.17) is 17.2 Å². The third-order valence-corrected chi connectivity index (χ3v) is 6.18. The van der Waals surface area contributed by atoms with Crippen molar-refractivity contribution in [2.45, 2.75) is 69.5 Å². The van der Waals surface area contributed by atoms with Gasteiger partial charge in [-0.15, -0.1) is 0 Å². The second kappa shape index (κ2) is 14.8. The minimum atomic E-state index is -1.52. The van der Waals surface area contributed by atoms with Crippen LogP contribution in [0.4, 0.5) is 0 Å². The highest BCUT2D eigenvalue weighted by Crippen LogP contribution is 2.19. The van der Waals surface area contributed by atoms with E-state index in [0.29, 0.717) is 5.56 Å². The molecule has 0 aliphatic heterocycles. The van der Waals surface area contributed by atoms with Crippen LogP contribution >= 0.6 is 0 Å². The fourth-order valence-corrected chi connectivity index (χ4v) is 3.90. The summed E-state index contributed by atoms with van der Waals surface area (Å²) in [6.45, 7) is 2.65. The number of aliphatic hydroxyl groups is 2. The van der Waals surface area contributed by atoms with Gasteiger partial charge in [0, 0.05) is 30.1 Å². The Labute approximate surface area is 230 Å². The SMILES string of the molecule is CC(O)C(N)C(=O)NC(C(=O)NC(CCCN=C(N)N)C(=O)NC(Cc1c[nH]c2ccccc12)C(=O)O)C(C)O. The van der Waals surface area contributed by atoms with Gasteiger partial charge in [-0.2, -0.15) is 0 Å². The molecule has 0 aliphatic rings. The van der Waals surface area contributed by atoms with E-state index in [1.54, 1.807) is 6.20 Å². The number of carboxylic acid groups (broad SMARTS) is 1. The van der Waals surface area contributed by atoms with Gasteiger partial charge in [-0.1, -0.05) is 18.2 Å². The first-order valence-corrected chi connectivity index (χ1v) is 12.7. The number of fused-ring (bicyclic) bond motifs is 1. The van der Waals surface area contributed by atoms with Gasteiger partial charge < -0.3 is 53.5 Å². The molecule has 6 unspecified atom stereocenters. The van der Waals surface area contributed by atoms with Crippen molar-refractivity contribution < 1.29 is 34.5 Å². The topological polar surface area (TPSA) is 271 Å². The summed E-state index contributed by atoms with van der Waals surface area (Å²) in [7, 11) is 0. The summed E-state index contributed by atoms with van der Waals surface area (Å²) in [5, 5.41) is 37.5. The summed E-state index contributed by atoms with van der Waals surface area (Å²) in [5.41, 5.74) is 17.7. The number of carbonyl (C=O) groups is 4. The number of para-hydroxylation sites is 1. The normalized spacial score (nSPS) is 15.6. The molecule has 1 aromatic heterocycles. The number of amides is 3. The molecule has 3 amide bonds. The maximum Gasteiger partial charge on any atom is 0.326 e. The molecule has 0 saturated carbocycles. The summed E-state index contributed by atoms with van der Waals surface area (Å²) in [6, 6.07) is 1.80. The zero-order valence-corrected chi connectivity index (χ0v) is 22.3. The molecular weight excluding hydrogens is 524 g/mol. The van der Waals surface area contributed by atoms with Gasteiger partial charge in [-0.25, -0.2) is 4.79 Å². The molecule has 0 saturated heterocycles. The number of guanidine groups is 1. The fraction of sp³-hybridized carbons (Fsp3) is 0.480. The first-order valence-electron chi connectivity index (χ1n) is 12.7. The van der Waals surface area contributed by atoms with Crippen LogP contribution in [0.1, 0.15) is 32.3 Å². The molecule has 0 radical (unpaired) electrons. The van der Waals surface area contributed by atoms with Crippen LogP contribution in [-0.2, 0) is 25.6 Å². The van der Waals surface area contributed by atoms with Crippen molar-refractivity contribution in [2.24, 2.45) is 22.2 Å². The predicted octanol–water partition coefficient (Wildman–Crippen LogP) is -2.61. The average Bonchev–Trinajstić information content (AvgIpc) is 3.30. The zero-order valence-electron chi connectivity index (χ0n) is 22.3. The number of aliphatic imine (C=N–C) groups is 1. The van der Waals surface area contributed by atoms with E-state index >= 15 is 0 Å². The quantitative estimate of drug-likeness (QED) is 0.0613. The molecule has 1 aromatic carbocycles. The molecule has 1 heterocycles. The molecule has 0 bridgehead atoms. The largest absolute Gasteiger partial charge is 0.480 e. The Balaban J connectivity index is 2.21. The van der Waals surface area contributed by atoms with Crippen LogP contribution in [0.5, 0.6) is 0 Å². The van der Waals surface area contributed by atoms with Gasteiger partial charge in [0.1, 0.15) is 24.2 Å². The standard InChI is InChI=1S/C25H38N8O7/c1-12(34)19(26)22(37)33-20(13(2)35)23(38)31-17(8-5-9-29-25(27)28)21(36)32-18(24(39)40)10-14-11-30-16-7-4-3-6-15(14)16/h3-4,6-7,11-13,17-20,30,34-35H,5,8-10,26H2,1-2H3,(H,31,38)(H,32,36)(H,33,37)(H,39,40)(H4,27,28,29). The Morgan fingerprint density at radius 2 is 1.60 bits per heavy atom. The molecule has 40 heavy (non-hydrogen) atoms. The number of nitrogens with two attached hydrogens (primary N) is 3. The monoisotopic (exact) mass is 562 g/mol. The Kier molecular flexibility index (Phi) is 11.8. The van der Waals surface area contributed by atoms with Crippen molar-refractivity contribution in [1.29, 1.82) is 0 Å². The van der Waals surface area contributed by atoms with Crippen LogP contribution in [-0.4, -0.2) is 92.9 Å². The Morgan fingerprint density at radius 3 is 2.20 bits per heavy atom. The molecule has 13 N–H and O–H groups in total. The molecule has 0 fully saturated rings. The molecule has 2 aromatic rings. The minimum absolute atomic E-state index is 0.00143. The number of H-pyrrole nitrogens is 1. The number of rotatable bonds is 15. The Bertz CT molecular complexity index is 1210. The fourth-order valence-electron chi connectivity index (χ4n) is 3.90. The first kappa shape index (κ1) is 32.0. The lowest BCUT2D eigenvalue weighted by atomic mass is 10.0. The first-order chi connectivity index (χ1) is 18.8. The molecule has 6 atom stereocenters. The molecule has 0 spiro atoms. The third-order valence-electron chi connectivity index (χ3n) is 6.18. The maximum atomic E-state index is 13.2. The van der Waals surface area contributed by atoms with E-state index in [1.807, 2.05) is 24.3 Å². The molecule has 15 heteroatoms. The molecule has 220 valence electrons. The predicted molar refractivity (Wildman–Crippen MR) is 147 cm³/mol. The van der Waals surface area contributed by atoms with E-state index < -0.39 is 60.1 Å². The number of aliphatic hydroxyl groups excluding tert-OH is 2. The average molecular weight is 563 g/mol. The van der Waals surface area contributed by atoms with E-state index in [1.165, 1.54) is 13.8 Å². The summed E-state index contributed by atoms with van der Waals surface area (Å²) in [5.74, 6) is -4.07. The van der Waals surface area contributed by atoms with Crippen LogP contribution < -0.4 is 33.2 Å². The van der Waals surface area contributed by atoms with Crippen LogP contribution in [0, 0.1) is 0 Å². The van der Waals surface area contributed by atoms with Gasteiger partial charge in [0.25, 0.3) is 0 Å². The number of nitrogens with zero attached hydrogens (tertiary/aromatic N) is 1. The van der Waals surface area contributed by atoms with Gasteiger partial charge >= 0.3 is 5.97 Å². The number of nitrogens with one attached hydrogen (secondary N) is 4. The van der Waals surface area contributed by atoms with Gasteiger partial charge in [0.15, 0.2) is 5.96 Å². The lowest BCUT2D eigenvalue weighted by molar-refractivity contribution is -0.142. The van der Waals surface area contributed by atoms with Gasteiger partial charge in [0.2, 0.25) is 17.7 Å². The smallest absolute Gasteiger partial charge is 0.326 e. The van der Waals surface area contributed by atoms with Crippen LogP contribution in [0.25, 0.3) is 10.9 Å². The van der Waals surface area contributed by atoms with Crippen molar-refractivity contribution in [1.82, 2.24) is 20.9 Å². The minimum Gasteiger partial charge on any atom is -0.480 e. The van der Waals surface area contributed by atoms with Crippen LogP contribution in [0.3, 0.4) is 0 Å². The molecule has 0 aliphatic carbocycles. The van der Waals surface area contributed by atoms with Crippen LogP contribution in [0.15, 0.2) is 35.5 Å². The number of carbonyl (C=O) groups excluding carboxylic acids is 3. The second-order valence-corrected chi connectivity index (χ2v) is 9.47. The summed E-state index contributed by atoms with van der Waals surface area (Å²) >= 11 is 0. The van der Waals surface area contributed by atoms with Crippen molar-refractivity contribution >= 4 is 40.6 Å². The Hall–Kier alpha value is -4.21. The number of hydrogen-bond donors (Lipinski definition) is 10. The maximum absolute atomic E-state index is 13.2. The van der Waals surface area contributed by atoms with E-state index in [2.05, 4.69) is 25.9 Å². The molecule has 2 rings (SSSR count).